The summed E-state index contributed by atoms with van der Waals surface area (Å²) in [4.78, 5) is 31.5. The number of anilines is 1. The van der Waals surface area contributed by atoms with Crippen LogP contribution in [0.5, 0.6) is 0 Å². The van der Waals surface area contributed by atoms with Gasteiger partial charge in [0.25, 0.3) is 0 Å². The molecule has 0 saturated carbocycles. The van der Waals surface area contributed by atoms with Crippen LogP contribution >= 0.6 is 34.5 Å². The van der Waals surface area contributed by atoms with E-state index in [0.29, 0.717) is 35.1 Å². The quantitative estimate of drug-likeness (QED) is 0.499. The number of fused-ring (bicyclic) bond motifs is 2. The summed E-state index contributed by atoms with van der Waals surface area (Å²) in [6.45, 7) is 2.37. The lowest BCUT2D eigenvalue weighted by Crippen LogP contribution is -2.41. The molecule has 2 aromatic carbocycles. The number of hydrogen-bond donors (Lipinski definition) is 0. The van der Waals surface area contributed by atoms with Crippen LogP contribution in [0.15, 0.2) is 36.4 Å². The Bertz CT molecular complexity index is 1100. The van der Waals surface area contributed by atoms with Crippen molar-refractivity contribution in [1.82, 2.24) is 4.98 Å². The maximum Gasteiger partial charge on any atom is 0.306 e. The summed E-state index contributed by atoms with van der Waals surface area (Å²) in [6, 6.07) is 11.4. The van der Waals surface area contributed by atoms with Crippen molar-refractivity contribution in [3.05, 3.63) is 57.0 Å². The smallest absolute Gasteiger partial charge is 0.306 e. The number of nitrogens with zero attached hydrogens (tertiary/aromatic N) is 2. The van der Waals surface area contributed by atoms with Gasteiger partial charge in [0.15, 0.2) is 0 Å². The molecule has 1 aliphatic rings. The van der Waals surface area contributed by atoms with Gasteiger partial charge in [-0.25, -0.2) is 4.98 Å². The van der Waals surface area contributed by atoms with E-state index in [1.807, 2.05) is 30.3 Å². The van der Waals surface area contributed by atoms with Crippen molar-refractivity contribution in [1.29, 1.82) is 0 Å². The predicted molar refractivity (Wildman–Crippen MR) is 116 cm³/mol. The number of esters is 1. The highest BCUT2D eigenvalue weighted by Gasteiger charge is 2.34. The van der Waals surface area contributed by atoms with Crippen molar-refractivity contribution in [3.63, 3.8) is 0 Å². The zero-order valence-electron chi connectivity index (χ0n) is 15.7. The number of benzene rings is 2. The van der Waals surface area contributed by atoms with E-state index in [0.717, 1.165) is 21.0 Å². The van der Waals surface area contributed by atoms with Crippen LogP contribution in [0.3, 0.4) is 0 Å². The Morgan fingerprint density at radius 2 is 2.07 bits per heavy atom. The predicted octanol–water partition coefficient (Wildman–Crippen LogP) is 5.26. The van der Waals surface area contributed by atoms with Gasteiger partial charge in [0.05, 0.1) is 40.2 Å². The molecule has 1 aliphatic heterocycles. The van der Waals surface area contributed by atoms with E-state index in [1.165, 1.54) is 11.3 Å². The van der Waals surface area contributed by atoms with Crippen LogP contribution in [-0.4, -0.2) is 23.5 Å². The van der Waals surface area contributed by atoms with Gasteiger partial charge in [-0.05, 0) is 37.1 Å². The molecule has 1 atom stereocenters. The van der Waals surface area contributed by atoms with E-state index in [-0.39, 0.29) is 18.3 Å². The third kappa shape index (κ3) is 3.97. The Morgan fingerprint density at radius 1 is 1.28 bits per heavy atom. The zero-order valence-corrected chi connectivity index (χ0v) is 18.0. The Hall–Kier alpha value is -2.15. The number of rotatable bonds is 5. The lowest BCUT2D eigenvalue weighted by molar-refractivity contribution is -0.146. The van der Waals surface area contributed by atoms with Crippen LogP contribution < -0.4 is 4.90 Å². The van der Waals surface area contributed by atoms with Gasteiger partial charge in [-0.2, -0.15) is 0 Å². The number of halogens is 2. The third-order valence-corrected chi connectivity index (χ3v) is 6.67. The molecule has 0 aliphatic carbocycles. The van der Waals surface area contributed by atoms with E-state index in [2.05, 4.69) is 4.98 Å². The molecule has 1 unspecified atom stereocenters. The summed E-state index contributed by atoms with van der Waals surface area (Å²) in [7, 11) is 0. The van der Waals surface area contributed by atoms with E-state index < -0.39 is 5.92 Å². The van der Waals surface area contributed by atoms with E-state index in [4.69, 9.17) is 27.9 Å². The molecule has 0 N–H and O–H groups in total. The van der Waals surface area contributed by atoms with Gasteiger partial charge >= 0.3 is 5.97 Å². The minimum atomic E-state index is -0.448. The molecule has 0 spiro atoms. The minimum Gasteiger partial charge on any atom is -0.466 e. The molecule has 1 aromatic heterocycles. The number of ether oxygens (including phenoxy) is 1. The van der Waals surface area contributed by atoms with Crippen LogP contribution in [0, 0.1) is 5.92 Å². The highest BCUT2D eigenvalue weighted by atomic mass is 35.5. The lowest BCUT2D eigenvalue weighted by Gasteiger charge is -2.33. The summed E-state index contributed by atoms with van der Waals surface area (Å²) in [6.07, 6.45) is 0.588. The summed E-state index contributed by atoms with van der Waals surface area (Å²) < 4.78 is 5.96. The second-order valence-corrected chi connectivity index (χ2v) is 8.68. The van der Waals surface area contributed by atoms with Crippen LogP contribution in [0.4, 0.5) is 5.69 Å². The van der Waals surface area contributed by atoms with Gasteiger partial charge < -0.3 is 9.64 Å². The fourth-order valence-electron chi connectivity index (χ4n) is 3.57. The van der Waals surface area contributed by atoms with Crippen LogP contribution in [0.1, 0.15) is 23.9 Å². The first kappa shape index (κ1) is 20.1. The van der Waals surface area contributed by atoms with Crippen molar-refractivity contribution in [2.24, 2.45) is 5.92 Å². The monoisotopic (exact) mass is 448 g/mol. The minimum absolute atomic E-state index is 0.0682. The third-order valence-electron chi connectivity index (χ3n) is 4.87. The molecule has 5 nitrogen and oxygen atoms in total. The molecular formula is C21H18Cl2N2O3S. The van der Waals surface area contributed by atoms with Gasteiger partial charge in [-0.15, -0.1) is 11.3 Å². The number of carbonyl (C=O) groups excluding carboxylic acids is 2. The highest BCUT2D eigenvalue weighted by Crippen LogP contribution is 2.37. The molecule has 2 heterocycles. The fourth-order valence-corrected chi connectivity index (χ4v) is 4.95. The molecule has 0 radical (unpaired) electrons. The zero-order chi connectivity index (χ0) is 20.5. The van der Waals surface area contributed by atoms with E-state index in [1.54, 1.807) is 17.9 Å². The number of aromatic nitrogens is 1. The molecule has 1 amide bonds. The fraction of sp³-hybridized carbons (Fsp3) is 0.286. The van der Waals surface area contributed by atoms with E-state index >= 15 is 0 Å². The van der Waals surface area contributed by atoms with Gasteiger partial charge in [-0.3, -0.25) is 9.59 Å². The molecule has 0 bridgehead atoms. The van der Waals surface area contributed by atoms with Gasteiger partial charge in [-0.1, -0.05) is 41.4 Å². The number of para-hydroxylation sites is 1. The van der Waals surface area contributed by atoms with Crippen LogP contribution in [0.25, 0.3) is 10.2 Å². The van der Waals surface area contributed by atoms with Crippen molar-refractivity contribution < 1.29 is 14.3 Å². The summed E-state index contributed by atoms with van der Waals surface area (Å²) in [5.41, 5.74) is 2.52. The van der Waals surface area contributed by atoms with Gasteiger partial charge in [0.1, 0.15) is 10.5 Å². The maximum atomic E-state index is 13.2. The molecule has 150 valence electrons. The Morgan fingerprint density at radius 3 is 2.86 bits per heavy atom. The van der Waals surface area contributed by atoms with Gasteiger partial charge in [0.2, 0.25) is 5.91 Å². The van der Waals surface area contributed by atoms with Crippen LogP contribution in [0.2, 0.25) is 10.0 Å². The van der Waals surface area contributed by atoms with Crippen molar-refractivity contribution in [2.75, 3.05) is 11.5 Å². The molecule has 0 fully saturated rings. The molecule has 29 heavy (non-hydrogen) atoms. The Labute approximate surface area is 182 Å². The first-order valence-electron chi connectivity index (χ1n) is 9.26. The van der Waals surface area contributed by atoms with Crippen LogP contribution in [-0.2, 0) is 27.3 Å². The molecule has 0 saturated heterocycles. The first-order valence-corrected chi connectivity index (χ1v) is 10.8. The normalized spacial score (nSPS) is 16.2. The largest absolute Gasteiger partial charge is 0.466 e. The van der Waals surface area contributed by atoms with Crippen molar-refractivity contribution in [2.45, 2.75) is 26.3 Å². The average molecular weight is 449 g/mol. The number of hydrogen-bond acceptors (Lipinski definition) is 5. The number of carbonyl (C=O) groups is 2. The second-order valence-electron chi connectivity index (χ2n) is 6.78. The summed E-state index contributed by atoms with van der Waals surface area (Å²) in [5, 5.41) is 1.62. The average Bonchev–Trinajstić information content (AvgIpc) is 3.12. The molecular weight excluding hydrogens is 431 g/mol. The molecule has 3 aromatic rings. The van der Waals surface area contributed by atoms with E-state index in [9.17, 15) is 9.59 Å². The first-order chi connectivity index (χ1) is 14.0. The van der Waals surface area contributed by atoms with Crippen molar-refractivity contribution in [3.8, 4) is 0 Å². The van der Waals surface area contributed by atoms with Crippen molar-refractivity contribution >= 4 is 62.3 Å². The topological polar surface area (TPSA) is 59.5 Å². The standard InChI is InChI=1S/C21H18Cl2N2O3S/c1-2-28-18(26)10-13-9-12-5-3-4-6-15(12)25(21(13)27)11-17-24-20-16(29-17)8-7-14(22)19(20)23/h3-8,13H,2,9-11H2,1H3. The number of amides is 1. The second kappa shape index (κ2) is 8.30. The number of thiazole rings is 1. The lowest BCUT2D eigenvalue weighted by atomic mass is 9.89. The Balaban J connectivity index is 1.67. The highest BCUT2D eigenvalue weighted by molar-refractivity contribution is 7.18. The molecule has 8 heteroatoms. The summed E-state index contributed by atoms with van der Waals surface area (Å²) >= 11 is 13.9. The maximum absolute atomic E-state index is 13.2. The van der Waals surface area contributed by atoms with Gasteiger partial charge in [0, 0.05) is 5.69 Å². The Kier molecular flexibility index (Phi) is 5.76. The summed E-state index contributed by atoms with van der Waals surface area (Å²) in [5.74, 6) is -0.900. The molecule has 4 rings (SSSR count). The SMILES string of the molecule is CCOC(=O)CC1Cc2ccccc2N(Cc2nc3c(Cl)c(Cl)ccc3s2)C1=O.